The first-order valence-corrected chi connectivity index (χ1v) is 8.48. The van der Waals surface area contributed by atoms with Gasteiger partial charge in [0.2, 0.25) is 0 Å². The molecule has 0 saturated heterocycles. The lowest BCUT2D eigenvalue weighted by atomic mass is 10.1. The number of aryl methyl sites for hydroxylation is 1. The number of rotatable bonds is 6. The predicted molar refractivity (Wildman–Crippen MR) is 93.5 cm³/mol. The SMILES string of the molecule is Cc1cccc(NC(=O)C[NH+](Cc2ccccc2F)C2CC2)c1C. The van der Waals surface area contributed by atoms with Crippen LogP contribution in [0.5, 0.6) is 0 Å². The number of carbonyl (C=O) groups is 1. The average Bonchev–Trinajstić information content (AvgIpc) is 3.38. The zero-order chi connectivity index (χ0) is 17.1. The summed E-state index contributed by atoms with van der Waals surface area (Å²) in [5, 5.41) is 3.01. The molecule has 0 spiro atoms. The molecule has 1 amide bonds. The fraction of sp³-hybridized carbons (Fsp3) is 0.350. The molecule has 3 nitrogen and oxygen atoms in total. The smallest absolute Gasteiger partial charge is 0.279 e. The van der Waals surface area contributed by atoms with Gasteiger partial charge in [0.25, 0.3) is 5.91 Å². The molecule has 1 aliphatic carbocycles. The van der Waals surface area contributed by atoms with Crippen LogP contribution in [0.15, 0.2) is 42.5 Å². The fourth-order valence-corrected chi connectivity index (χ4v) is 3.02. The molecule has 2 aromatic rings. The van der Waals surface area contributed by atoms with Crippen LogP contribution in [0.3, 0.4) is 0 Å². The number of halogens is 1. The van der Waals surface area contributed by atoms with Crippen molar-refractivity contribution in [3.8, 4) is 0 Å². The van der Waals surface area contributed by atoms with E-state index in [0.29, 0.717) is 24.7 Å². The monoisotopic (exact) mass is 327 g/mol. The molecule has 0 radical (unpaired) electrons. The van der Waals surface area contributed by atoms with Crippen molar-refractivity contribution in [2.24, 2.45) is 0 Å². The summed E-state index contributed by atoms with van der Waals surface area (Å²) < 4.78 is 13.9. The molecular formula is C20H24FN2O+. The molecule has 4 heteroatoms. The molecule has 0 heterocycles. The Morgan fingerprint density at radius 3 is 2.62 bits per heavy atom. The summed E-state index contributed by atoms with van der Waals surface area (Å²) in [6.07, 6.45) is 2.22. The van der Waals surface area contributed by atoms with Crippen molar-refractivity contribution in [1.29, 1.82) is 0 Å². The number of hydrogen-bond donors (Lipinski definition) is 2. The Morgan fingerprint density at radius 2 is 1.92 bits per heavy atom. The van der Waals surface area contributed by atoms with E-state index in [-0.39, 0.29) is 11.7 Å². The van der Waals surface area contributed by atoms with E-state index in [1.54, 1.807) is 12.1 Å². The minimum absolute atomic E-state index is 0.0121. The lowest BCUT2D eigenvalue weighted by Crippen LogP contribution is -3.13. The van der Waals surface area contributed by atoms with Gasteiger partial charge in [0.05, 0.1) is 6.04 Å². The maximum absolute atomic E-state index is 13.9. The Hall–Kier alpha value is -2.20. The fourth-order valence-electron chi connectivity index (χ4n) is 3.02. The molecule has 0 aliphatic heterocycles. The van der Waals surface area contributed by atoms with Crippen molar-refractivity contribution < 1.29 is 14.1 Å². The van der Waals surface area contributed by atoms with Crippen molar-refractivity contribution in [2.75, 3.05) is 11.9 Å². The van der Waals surface area contributed by atoms with Crippen LogP contribution in [0.25, 0.3) is 0 Å². The van der Waals surface area contributed by atoms with E-state index in [1.165, 1.54) is 6.07 Å². The van der Waals surface area contributed by atoms with E-state index < -0.39 is 0 Å². The summed E-state index contributed by atoms with van der Waals surface area (Å²) in [5.74, 6) is -0.201. The van der Waals surface area contributed by atoms with Crippen LogP contribution in [0.4, 0.5) is 10.1 Å². The Balaban J connectivity index is 1.66. The van der Waals surface area contributed by atoms with Crippen molar-refractivity contribution in [2.45, 2.75) is 39.3 Å². The number of anilines is 1. The lowest BCUT2D eigenvalue weighted by Gasteiger charge is -2.19. The predicted octanol–water partition coefficient (Wildman–Crippen LogP) is 2.63. The normalized spacial score (nSPS) is 15.1. The summed E-state index contributed by atoms with van der Waals surface area (Å²) in [6.45, 7) is 4.96. The van der Waals surface area contributed by atoms with Gasteiger partial charge in [0.1, 0.15) is 12.4 Å². The maximum Gasteiger partial charge on any atom is 0.279 e. The molecule has 24 heavy (non-hydrogen) atoms. The van der Waals surface area contributed by atoms with Gasteiger partial charge in [0, 0.05) is 24.1 Å². The number of carbonyl (C=O) groups excluding carboxylic acids is 1. The van der Waals surface area contributed by atoms with Gasteiger partial charge in [-0.1, -0.05) is 30.3 Å². The van der Waals surface area contributed by atoms with Crippen molar-refractivity contribution in [3.05, 3.63) is 65.0 Å². The van der Waals surface area contributed by atoms with Crippen LogP contribution in [-0.2, 0) is 11.3 Å². The van der Waals surface area contributed by atoms with Gasteiger partial charge in [-0.05, 0) is 37.1 Å². The minimum Gasteiger partial charge on any atom is -0.321 e. The number of nitrogens with one attached hydrogen (secondary N) is 2. The molecule has 1 atom stereocenters. The van der Waals surface area contributed by atoms with Crippen LogP contribution in [0.1, 0.15) is 29.5 Å². The number of hydrogen-bond acceptors (Lipinski definition) is 1. The van der Waals surface area contributed by atoms with E-state index >= 15 is 0 Å². The van der Waals surface area contributed by atoms with Crippen molar-refractivity contribution in [1.82, 2.24) is 0 Å². The third-order valence-electron chi connectivity index (χ3n) is 4.80. The second kappa shape index (κ2) is 7.14. The van der Waals surface area contributed by atoms with Gasteiger partial charge in [0.15, 0.2) is 6.54 Å². The molecule has 1 aliphatic rings. The highest BCUT2D eigenvalue weighted by molar-refractivity contribution is 5.92. The lowest BCUT2D eigenvalue weighted by molar-refractivity contribution is -0.917. The molecular weight excluding hydrogens is 303 g/mol. The second-order valence-corrected chi connectivity index (χ2v) is 6.67. The van der Waals surface area contributed by atoms with E-state index in [0.717, 1.165) is 34.6 Å². The molecule has 126 valence electrons. The Bertz CT molecular complexity index is 740. The summed E-state index contributed by atoms with van der Waals surface area (Å²) in [7, 11) is 0. The summed E-state index contributed by atoms with van der Waals surface area (Å²) in [6, 6.07) is 13.2. The van der Waals surface area contributed by atoms with Crippen LogP contribution in [-0.4, -0.2) is 18.5 Å². The summed E-state index contributed by atoms with van der Waals surface area (Å²) in [4.78, 5) is 13.6. The Kier molecular flexibility index (Phi) is 4.95. The van der Waals surface area contributed by atoms with Gasteiger partial charge in [-0.25, -0.2) is 4.39 Å². The standard InChI is InChI=1S/C20H23FN2O/c1-14-6-5-9-19(15(14)2)22-20(24)13-23(17-10-11-17)12-16-7-3-4-8-18(16)21/h3-9,17H,10-13H2,1-2H3,(H,22,24)/p+1. The van der Waals surface area contributed by atoms with Crippen molar-refractivity contribution >= 4 is 11.6 Å². The highest BCUT2D eigenvalue weighted by Crippen LogP contribution is 2.18. The molecule has 0 bridgehead atoms. The van der Waals surface area contributed by atoms with E-state index in [1.807, 2.05) is 38.1 Å². The van der Waals surface area contributed by atoms with Crippen LogP contribution < -0.4 is 10.2 Å². The quantitative estimate of drug-likeness (QED) is 0.840. The molecule has 1 fully saturated rings. The highest BCUT2D eigenvalue weighted by atomic mass is 19.1. The molecule has 3 rings (SSSR count). The van der Waals surface area contributed by atoms with E-state index in [9.17, 15) is 9.18 Å². The molecule has 1 unspecified atom stereocenters. The topological polar surface area (TPSA) is 33.5 Å². The number of quaternary nitrogens is 1. The zero-order valence-electron chi connectivity index (χ0n) is 14.2. The highest BCUT2D eigenvalue weighted by Gasteiger charge is 2.35. The van der Waals surface area contributed by atoms with Gasteiger partial charge >= 0.3 is 0 Å². The first-order chi connectivity index (χ1) is 11.5. The van der Waals surface area contributed by atoms with E-state index in [4.69, 9.17) is 0 Å². The van der Waals surface area contributed by atoms with Gasteiger partial charge < -0.3 is 10.2 Å². The summed E-state index contributed by atoms with van der Waals surface area (Å²) in [5.41, 5.74) is 3.79. The van der Waals surface area contributed by atoms with Crippen LogP contribution >= 0.6 is 0 Å². The van der Waals surface area contributed by atoms with E-state index in [2.05, 4.69) is 5.32 Å². The first kappa shape index (κ1) is 16.7. The molecule has 2 aromatic carbocycles. The number of amides is 1. The first-order valence-electron chi connectivity index (χ1n) is 8.48. The average molecular weight is 327 g/mol. The molecule has 1 saturated carbocycles. The number of benzene rings is 2. The minimum atomic E-state index is -0.189. The Labute approximate surface area is 142 Å². The zero-order valence-corrected chi connectivity index (χ0v) is 14.2. The molecule has 0 aromatic heterocycles. The second-order valence-electron chi connectivity index (χ2n) is 6.67. The van der Waals surface area contributed by atoms with Gasteiger partial charge in [-0.3, -0.25) is 4.79 Å². The maximum atomic E-state index is 13.9. The van der Waals surface area contributed by atoms with Crippen LogP contribution in [0, 0.1) is 19.7 Å². The van der Waals surface area contributed by atoms with Gasteiger partial charge in [-0.15, -0.1) is 0 Å². The van der Waals surface area contributed by atoms with Crippen molar-refractivity contribution in [3.63, 3.8) is 0 Å². The third-order valence-corrected chi connectivity index (χ3v) is 4.80. The third kappa shape index (κ3) is 4.01. The largest absolute Gasteiger partial charge is 0.321 e. The Morgan fingerprint density at radius 1 is 1.17 bits per heavy atom. The van der Waals surface area contributed by atoms with Gasteiger partial charge in [-0.2, -0.15) is 0 Å². The summed E-state index contributed by atoms with van der Waals surface area (Å²) >= 11 is 0. The molecule has 2 N–H and O–H groups in total. The van der Waals surface area contributed by atoms with Crippen LogP contribution in [0.2, 0.25) is 0 Å².